The van der Waals surface area contributed by atoms with Gasteiger partial charge in [0.25, 0.3) is 0 Å². The molecular formula is C13H17F2N. The Labute approximate surface area is 94.9 Å². The average molecular weight is 225 g/mol. The lowest BCUT2D eigenvalue weighted by Crippen LogP contribution is -2.47. The van der Waals surface area contributed by atoms with Crippen LogP contribution in [0.5, 0.6) is 0 Å². The Bertz CT molecular complexity index is 363. The Morgan fingerprint density at radius 1 is 1.50 bits per heavy atom. The van der Waals surface area contributed by atoms with Crippen molar-refractivity contribution in [2.75, 3.05) is 13.1 Å². The van der Waals surface area contributed by atoms with Gasteiger partial charge in [-0.3, -0.25) is 0 Å². The normalized spacial score (nSPS) is 30.3. The first kappa shape index (κ1) is 11.5. The third kappa shape index (κ3) is 2.59. The number of nitrogens with one attached hydrogen (secondary N) is 1. The van der Waals surface area contributed by atoms with Crippen LogP contribution in [0.1, 0.15) is 18.9 Å². The van der Waals surface area contributed by atoms with Crippen LogP contribution in [0, 0.1) is 11.7 Å². The summed E-state index contributed by atoms with van der Waals surface area (Å²) in [6.07, 6.45) is 1.43. The first-order valence-corrected chi connectivity index (χ1v) is 5.72. The molecular weight excluding hydrogens is 208 g/mol. The molecule has 1 aromatic rings. The van der Waals surface area contributed by atoms with Crippen LogP contribution < -0.4 is 5.32 Å². The third-order valence-corrected chi connectivity index (χ3v) is 3.36. The van der Waals surface area contributed by atoms with E-state index in [0.717, 1.165) is 18.5 Å². The predicted molar refractivity (Wildman–Crippen MR) is 60.6 cm³/mol. The summed E-state index contributed by atoms with van der Waals surface area (Å²) in [5, 5.41) is 3.05. The molecule has 1 N–H and O–H groups in total. The minimum absolute atomic E-state index is 0.0180. The van der Waals surface area contributed by atoms with Crippen molar-refractivity contribution in [3.05, 3.63) is 35.6 Å². The molecule has 1 heterocycles. The standard InChI is InChI=1S/C13H17F2N/c1-13(15)9-16-6-5-11(13)7-10-3-2-4-12(14)8-10/h2-4,8,11,16H,5-7,9H2,1H3. The van der Waals surface area contributed by atoms with Crippen LogP contribution in [0.4, 0.5) is 8.78 Å². The van der Waals surface area contributed by atoms with Gasteiger partial charge in [0.1, 0.15) is 11.5 Å². The van der Waals surface area contributed by atoms with E-state index in [0.29, 0.717) is 13.0 Å². The molecule has 1 fully saturated rings. The van der Waals surface area contributed by atoms with E-state index in [1.807, 2.05) is 6.07 Å². The lowest BCUT2D eigenvalue weighted by molar-refractivity contribution is 0.0712. The molecule has 1 aromatic carbocycles. The number of hydrogen-bond acceptors (Lipinski definition) is 1. The van der Waals surface area contributed by atoms with Gasteiger partial charge in [0, 0.05) is 6.54 Å². The van der Waals surface area contributed by atoms with Crippen LogP contribution >= 0.6 is 0 Å². The van der Waals surface area contributed by atoms with Crippen molar-refractivity contribution in [3.8, 4) is 0 Å². The zero-order valence-electron chi connectivity index (χ0n) is 9.47. The van der Waals surface area contributed by atoms with E-state index < -0.39 is 5.67 Å². The molecule has 1 aliphatic heterocycles. The largest absolute Gasteiger partial charge is 0.314 e. The molecule has 1 aliphatic rings. The maximum atomic E-state index is 14.2. The van der Waals surface area contributed by atoms with Gasteiger partial charge in [-0.2, -0.15) is 0 Å². The predicted octanol–water partition coefficient (Wildman–Crippen LogP) is 2.71. The van der Waals surface area contributed by atoms with Crippen LogP contribution in [0.2, 0.25) is 0 Å². The molecule has 0 spiro atoms. The van der Waals surface area contributed by atoms with Crippen molar-refractivity contribution in [1.82, 2.24) is 5.32 Å². The fraction of sp³-hybridized carbons (Fsp3) is 0.538. The Kier molecular flexibility index (Phi) is 3.24. The molecule has 88 valence electrons. The second kappa shape index (κ2) is 4.50. The molecule has 0 aliphatic carbocycles. The molecule has 2 atom stereocenters. The average Bonchev–Trinajstić information content (AvgIpc) is 2.21. The van der Waals surface area contributed by atoms with E-state index in [9.17, 15) is 8.78 Å². The molecule has 0 amide bonds. The Morgan fingerprint density at radius 2 is 2.31 bits per heavy atom. The maximum Gasteiger partial charge on any atom is 0.123 e. The molecule has 2 rings (SSSR count). The molecule has 0 saturated carbocycles. The van der Waals surface area contributed by atoms with Gasteiger partial charge < -0.3 is 5.32 Å². The molecule has 16 heavy (non-hydrogen) atoms. The molecule has 2 unspecified atom stereocenters. The number of halogens is 2. The molecule has 1 saturated heterocycles. The fourth-order valence-electron chi connectivity index (χ4n) is 2.32. The minimum Gasteiger partial charge on any atom is -0.314 e. The van der Waals surface area contributed by atoms with E-state index in [1.165, 1.54) is 12.1 Å². The first-order chi connectivity index (χ1) is 7.58. The van der Waals surface area contributed by atoms with Gasteiger partial charge in [-0.15, -0.1) is 0 Å². The number of rotatable bonds is 2. The lowest BCUT2D eigenvalue weighted by atomic mass is 9.81. The summed E-state index contributed by atoms with van der Waals surface area (Å²) >= 11 is 0. The summed E-state index contributed by atoms with van der Waals surface area (Å²) in [4.78, 5) is 0. The zero-order chi connectivity index (χ0) is 11.6. The van der Waals surface area contributed by atoms with Crippen molar-refractivity contribution >= 4 is 0 Å². The summed E-state index contributed by atoms with van der Waals surface area (Å²) in [5.74, 6) is -0.262. The second-order valence-corrected chi connectivity index (χ2v) is 4.77. The van der Waals surface area contributed by atoms with E-state index in [1.54, 1.807) is 13.0 Å². The molecule has 0 aromatic heterocycles. The maximum absolute atomic E-state index is 14.2. The number of benzene rings is 1. The van der Waals surface area contributed by atoms with E-state index in [-0.39, 0.29) is 11.7 Å². The van der Waals surface area contributed by atoms with Crippen molar-refractivity contribution in [3.63, 3.8) is 0 Å². The van der Waals surface area contributed by atoms with E-state index in [2.05, 4.69) is 5.32 Å². The third-order valence-electron chi connectivity index (χ3n) is 3.36. The van der Waals surface area contributed by atoms with Gasteiger partial charge in [-0.05, 0) is 49.9 Å². The highest BCUT2D eigenvalue weighted by Crippen LogP contribution is 2.30. The fourth-order valence-corrected chi connectivity index (χ4v) is 2.32. The topological polar surface area (TPSA) is 12.0 Å². The van der Waals surface area contributed by atoms with Crippen LogP contribution in [0.25, 0.3) is 0 Å². The van der Waals surface area contributed by atoms with Gasteiger partial charge in [0.2, 0.25) is 0 Å². The Balaban J connectivity index is 2.08. The highest BCUT2D eigenvalue weighted by molar-refractivity contribution is 5.17. The number of alkyl halides is 1. The summed E-state index contributed by atoms with van der Waals surface area (Å²) in [6, 6.07) is 6.46. The van der Waals surface area contributed by atoms with Crippen LogP contribution in [-0.2, 0) is 6.42 Å². The van der Waals surface area contributed by atoms with E-state index in [4.69, 9.17) is 0 Å². The lowest BCUT2D eigenvalue weighted by Gasteiger charge is -2.35. The second-order valence-electron chi connectivity index (χ2n) is 4.77. The highest BCUT2D eigenvalue weighted by atomic mass is 19.1. The zero-order valence-corrected chi connectivity index (χ0v) is 9.47. The quantitative estimate of drug-likeness (QED) is 0.816. The highest BCUT2D eigenvalue weighted by Gasteiger charge is 2.36. The summed E-state index contributed by atoms with van der Waals surface area (Å²) in [5.41, 5.74) is -0.305. The van der Waals surface area contributed by atoms with Gasteiger partial charge in [-0.1, -0.05) is 12.1 Å². The van der Waals surface area contributed by atoms with Crippen molar-refractivity contribution in [1.29, 1.82) is 0 Å². The Hall–Kier alpha value is -0.960. The number of hydrogen-bond donors (Lipinski definition) is 1. The first-order valence-electron chi connectivity index (χ1n) is 5.72. The van der Waals surface area contributed by atoms with Crippen LogP contribution in [-0.4, -0.2) is 18.8 Å². The SMILES string of the molecule is CC1(F)CNCCC1Cc1cccc(F)c1. The summed E-state index contributed by atoms with van der Waals surface area (Å²) in [7, 11) is 0. The minimum atomic E-state index is -1.19. The van der Waals surface area contributed by atoms with Gasteiger partial charge in [-0.25, -0.2) is 8.78 Å². The Morgan fingerprint density at radius 3 is 3.00 bits per heavy atom. The van der Waals surface area contributed by atoms with Gasteiger partial charge in [0.15, 0.2) is 0 Å². The molecule has 3 heteroatoms. The van der Waals surface area contributed by atoms with Crippen LogP contribution in [0.3, 0.4) is 0 Å². The van der Waals surface area contributed by atoms with E-state index >= 15 is 0 Å². The smallest absolute Gasteiger partial charge is 0.123 e. The van der Waals surface area contributed by atoms with Crippen molar-refractivity contribution in [2.24, 2.45) is 5.92 Å². The number of piperidine rings is 1. The molecule has 0 bridgehead atoms. The van der Waals surface area contributed by atoms with Crippen molar-refractivity contribution in [2.45, 2.75) is 25.4 Å². The summed E-state index contributed by atoms with van der Waals surface area (Å²) < 4.78 is 27.2. The van der Waals surface area contributed by atoms with Crippen LogP contribution in [0.15, 0.2) is 24.3 Å². The van der Waals surface area contributed by atoms with Gasteiger partial charge in [0.05, 0.1) is 0 Å². The van der Waals surface area contributed by atoms with Gasteiger partial charge >= 0.3 is 0 Å². The molecule has 1 nitrogen and oxygen atoms in total. The van der Waals surface area contributed by atoms with Crippen molar-refractivity contribution < 1.29 is 8.78 Å². The molecule has 0 radical (unpaired) electrons. The summed E-state index contributed by atoms with van der Waals surface area (Å²) in [6.45, 7) is 2.87. The monoisotopic (exact) mass is 225 g/mol.